The highest BCUT2D eigenvalue weighted by Gasteiger charge is 2.47. The predicted octanol–water partition coefficient (Wildman–Crippen LogP) is -0.104. The first-order valence-electron chi connectivity index (χ1n) is 8.77. The molecule has 1 aromatic carbocycles. The van der Waals surface area contributed by atoms with Crippen LogP contribution in [0.3, 0.4) is 0 Å². The Labute approximate surface area is 151 Å². The maximum Gasteiger partial charge on any atom is 0.315 e. The summed E-state index contributed by atoms with van der Waals surface area (Å²) in [6.45, 7) is 3.61. The lowest BCUT2D eigenvalue weighted by atomic mass is 10.0. The van der Waals surface area contributed by atoms with Crippen molar-refractivity contribution in [3.63, 3.8) is 0 Å². The van der Waals surface area contributed by atoms with Gasteiger partial charge in [-0.2, -0.15) is 0 Å². The summed E-state index contributed by atoms with van der Waals surface area (Å²) in [5, 5.41) is 17.9. The molecule has 2 saturated heterocycles. The summed E-state index contributed by atoms with van der Waals surface area (Å²) in [5.41, 5.74) is 0.987. The Balaban J connectivity index is 1.58. The minimum absolute atomic E-state index is 0.162. The molecule has 0 aromatic heterocycles. The largest absolute Gasteiger partial charge is 0.391 e. The van der Waals surface area contributed by atoms with Gasteiger partial charge in [0.1, 0.15) is 12.1 Å². The molecule has 0 saturated carbocycles. The van der Waals surface area contributed by atoms with Gasteiger partial charge in [-0.3, -0.25) is 9.59 Å². The molecule has 0 aliphatic carbocycles. The Morgan fingerprint density at radius 3 is 2.62 bits per heavy atom. The zero-order valence-corrected chi connectivity index (χ0v) is 14.8. The van der Waals surface area contributed by atoms with Gasteiger partial charge in [-0.15, -0.1) is 0 Å². The van der Waals surface area contributed by atoms with Gasteiger partial charge in [0.15, 0.2) is 0 Å². The molecule has 2 aliphatic rings. The van der Waals surface area contributed by atoms with E-state index in [1.54, 1.807) is 0 Å². The minimum atomic E-state index is -0.963. The lowest BCUT2D eigenvalue weighted by molar-refractivity contribution is -0.149. The fourth-order valence-electron chi connectivity index (χ4n) is 3.50. The number of amides is 4. The molecule has 2 aliphatic heterocycles. The molecule has 5 atom stereocenters. The summed E-state index contributed by atoms with van der Waals surface area (Å²) in [6.07, 6.45) is -0.605. The zero-order valence-electron chi connectivity index (χ0n) is 14.8. The van der Waals surface area contributed by atoms with Crippen molar-refractivity contribution in [1.82, 2.24) is 20.9 Å². The first kappa shape index (κ1) is 18.2. The Hall–Kier alpha value is -2.61. The summed E-state index contributed by atoms with van der Waals surface area (Å²) < 4.78 is 0. The van der Waals surface area contributed by atoms with Crippen molar-refractivity contribution in [3.8, 4) is 0 Å². The molecule has 0 unspecified atom stereocenters. The van der Waals surface area contributed by atoms with E-state index in [4.69, 9.17) is 0 Å². The lowest BCUT2D eigenvalue weighted by Crippen LogP contribution is -2.64. The van der Waals surface area contributed by atoms with Gasteiger partial charge < -0.3 is 26.0 Å². The topological polar surface area (TPSA) is 111 Å². The summed E-state index contributed by atoms with van der Waals surface area (Å²) in [4.78, 5) is 38.3. The van der Waals surface area contributed by atoms with E-state index in [9.17, 15) is 19.5 Å². The van der Waals surface area contributed by atoms with E-state index in [2.05, 4.69) is 16.0 Å². The molecule has 26 heavy (non-hydrogen) atoms. The molecule has 8 nitrogen and oxygen atoms in total. The second kappa shape index (κ2) is 7.33. The molecule has 0 radical (unpaired) electrons. The number of aliphatic hydroxyl groups excluding tert-OH is 1. The molecule has 0 spiro atoms. The smallest absolute Gasteiger partial charge is 0.315 e. The van der Waals surface area contributed by atoms with Gasteiger partial charge in [0.25, 0.3) is 0 Å². The lowest BCUT2D eigenvalue weighted by Gasteiger charge is -2.35. The number of piperazine rings is 1. The number of nitrogens with one attached hydrogen (secondary N) is 3. The van der Waals surface area contributed by atoms with Gasteiger partial charge in [-0.05, 0) is 25.8 Å². The molecule has 2 heterocycles. The summed E-state index contributed by atoms with van der Waals surface area (Å²) in [7, 11) is 0. The van der Waals surface area contributed by atoms with Crippen LogP contribution in [-0.2, 0) is 9.59 Å². The average molecular weight is 360 g/mol. The summed E-state index contributed by atoms with van der Waals surface area (Å²) in [5.74, 6) is -0.607. The highest BCUT2D eigenvalue weighted by Crippen LogP contribution is 2.23. The number of aliphatic hydroxyl groups is 1. The third-order valence-electron chi connectivity index (χ3n) is 4.92. The van der Waals surface area contributed by atoms with E-state index in [1.165, 1.54) is 11.8 Å². The van der Waals surface area contributed by atoms with Crippen LogP contribution in [-0.4, -0.2) is 58.6 Å². The summed E-state index contributed by atoms with van der Waals surface area (Å²) >= 11 is 0. The third-order valence-corrected chi connectivity index (χ3v) is 4.92. The summed E-state index contributed by atoms with van der Waals surface area (Å²) in [6, 6.07) is 7.24. The molecule has 140 valence electrons. The molecule has 2 fully saturated rings. The van der Waals surface area contributed by atoms with Gasteiger partial charge >= 0.3 is 6.03 Å². The second-order valence-electron chi connectivity index (χ2n) is 6.92. The van der Waals surface area contributed by atoms with Crippen LogP contribution in [0.25, 0.3) is 0 Å². The van der Waals surface area contributed by atoms with Gasteiger partial charge in [-0.1, -0.05) is 30.3 Å². The standard InChI is InChI=1S/C18H24N4O4/c1-10(12-6-4-3-5-7-12)19-18(26)20-13-8-14-16(24)21-15(11(2)23)17(25)22(14)9-13/h3-7,10-11,13-15,23H,8-9H2,1-2H3,(H,21,24)(H2,19,20,26)/t10-,11+,13+,14+,15-/m1/s1. The number of carbonyl (C=O) groups excluding carboxylic acids is 3. The Bertz CT molecular complexity index is 694. The maximum atomic E-state index is 12.4. The maximum absolute atomic E-state index is 12.4. The number of hydrogen-bond acceptors (Lipinski definition) is 4. The fraction of sp³-hybridized carbons (Fsp3) is 0.500. The highest BCUT2D eigenvalue weighted by atomic mass is 16.3. The van der Waals surface area contributed by atoms with Gasteiger partial charge in [0.05, 0.1) is 18.2 Å². The normalized spacial score (nSPS) is 27.3. The van der Waals surface area contributed by atoms with Crippen LogP contribution in [0.1, 0.15) is 31.9 Å². The van der Waals surface area contributed by atoms with E-state index in [0.29, 0.717) is 6.42 Å². The first-order valence-corrected chi connectivity index (χ1v) is 8.77. The number of urea groups is 1. The zero-order chi connectivity index (χ0) is 18.8. The van der Waals surface area contributed by atoms with E-state index in [0.717, 1.165) is 5.56 Å². The number of benzene rings is 1. The van der Waals surface area contributed by atoms with Crippen LogP contribution < -0.4 is 16.0 Å². The number of rotatable bonds is 4. The monoisotopic (exact) mass is 360 g/mol. The average Bonchev–Trinajstić information content (AvgIpc) is 3.03. The van der Waals surface area contributed by atoms with Crippen molar-refractivity contribution >= 4 is 17.8 Å². The van der Waals surface area contributed by atoms with Crippen molar-refractivity contribution in [2.75, 3.05) is 6.54 Å². The Morgan fingerprint density at radius 2 is 1.96 bits per heavy atom. The molecule has 4 amide bonds. The van der Waals surface area contributed by atoms with Crippen molar-refractivity contribution in [2.24, 2.45) is 0 Å². The van der Waals surface area contributed by atoms with E-state index >= 15 is 0 Å². The SMILES string of the molecule is C[C@H](O)[C@H]1NC(=O)[C@@H]2C[C@H](NC(=O)N[C@H](C)c3ccccc3)CN2C1=O. The van der Waals surface area contributed by atoms with Crippen molar-refractivity contribution < 1.29 is 19.5 Å². The van der Waals surface area contributed by atoms with Gasteiger partial charge in [0.2, 0.25) is 11.8 Å². The third kappa shape index (κ3) is 3.65. The van der Waals surface area contributed by atoms with Crippen LogP contribution in [0.2, 0.25) is 0 Å². The number of fused-ring (bicyclic) bond motifs is 1. The number of carbonyl (C=O) groups is 3. The number of hydrogen-bond donors (Lipinski definition) is 4. The molecule has 8 heteroatoms. The quantitative estimate of drug-likeness (QED) is 0.601. The Kier molecular flexibility index (Phi) is 5.13. The van der Waals surface area contributed by atoms with Crippen LogP contribution in [0.5, 0.6) is 0 Å². The van der Waals surface area contributed by atoms with Crippen molar-refractivity contribution in [2.45, 2.75) is 50.5 Å². The number of nitrogens with zero attached hydrogens (tertiary/aromatic N) is 1. The van der Waals surface area contributed by atoms with E-state index in [-0.39, 0.29) is 36.5 Å². The predicted molar refractivity (Wildman–Crippen MR) is 94.0 cm³/mol. The van der Waals surface area contributed by atoms with Gasteiger partial charge in [0, 0.05) is 6.54 Å². The molecule has 4 N–H and O–H groups in total. The molecule has 1 aromatic rings. The van der Waals surface area contributed by atoms with Crippen LogP contribution in [0.15, 0.2) is 30.3 Å². The van der Waals surface area contributed by atoms with Crippen LogP contribution in [0, 0.1) is 0 Å². The van der Waals surface area contributed by atoms with Crippen molar-refractivity contribution in [3.05, 3.63) is 35.9 Å². The fourth-order valence-corrected chi connectivity index (χ4v) is 3.50. The molecule has 3 rings (SSSR count). The highest BCUT2D eigenvalue weighted by molar-refractivity contribution is 5.98. The second-order valence-corrected chi connectivity index (χ2v) is 6.92. The van der Waals surface area contributed by atoms with Crippen LogP contribution in [0.4, 0.5) is 4.79 Å². The molecular formula is C18H24N4O4. The van der Waals surface area contributed by atoms with Crippen molar-refractivity contribution in [1.29, 1.82) is 0 Å². The first-order chi connectivity index (χ1) is 12.4. The minimum Gasteiger partial charge on any atom is -0.391 e. The van der Waals surface area contributed by atoms with E-state index < -0.39 is 18.2 Å². The molecule has 0 bridgehead atoms. The Morgan fingerprint density at radius 1 is 1.27 bits per heavy atom. The van der Waals surface area contributed by atoms with E-state index in [1.807, 2.05) is 37.3 Å². The van der Waals surface area contributed by atoms with Crippen LogP contribution >= 0.6 is 0 Å². The molecular weight excluding hydrogens is 336 g/mol. The van der Waals surface area contributed by atoms with Gasteiger partial charge in [-0.25, -0.2) is 4.79 Å².